The van der Waals surface area contributed by atoms with Gasteiger partial charge in [-0.25, -0.2) is 0 Å². The molecule has 1 radical (unpaired) electrons. The third kappa shape index (κ3) is 7350. The molecule has 0 amide bonds. The minimum absolute atomic E-state index is 0.600. The Morgan fingerprint density at radius 3 is 1.83 bits per heavy atom. The molecule has 0 fully saturated rings. The number of allylic oxidation sites excluding steroid dienone is 1. The first-order valence-corrected chi connectivity index (χ1v) is 2.23. The molecule has 0 aromatic rings. The fourth-order valence-corrected chi connectivity index (χ4v) is 0. The molecule has 0 heterocycles. The molecule has 0 saturated carbocycles. The van der Waals surface area contributed by atoms with E-state index in [1.165, 1.54) is 6.08 Å². The number of carbonyl (C=O) groups is 1. The Balaban J connectivity index is 0. The van der Waals surface area contributed by atoms with Crippen molar-refractivity contribution in [1.29, 1.82) is 0 Å². The van der Waals surface area contributed by atoms with E-state index in [2.05, 4.69) is 19.2 Å². The standard InChI is InChI=1S/C3H5.CHO.Pd/c1-3-2;1-2;/h1,3H,2H3;1H;. The first kappa shape index (κ1) is 9.42. The first-order valence-electron chi connectivity index (χ1n) is 1.33. The van der Waals surface area contributed by atoms with Crippen LogP contribution in [0.15, 0.2) is 6.08 Å². The van der Waals surface area contributed by atoms with E-state index >= 15 is 0 Å². The smallest absolute Gasteiger partial charge is 0.0467 e. The van der Waals surface area contributed by atoms with Gasteiger partial charge in [-0.05, 0) is 6.92 Å². The minimum Gasteiger partial charge on any atom is -0.0877 e. The van der Waals surface area contributed by atoms with Gasteiger partial charge < -0.3 is 0 Å². The van der Waals surface area contributed by atoms with Gasteiger partial charge in [0.05, 0.1) is 0 Å². The van der Waals surface area contributed by atoms with Crippen molar-refractivity contribution in [3.05, 3.63) is 12.7 Å². The summed E-state index contributed by atoms with van der Waals surface area (Å²) in [5.74, 6) is 0. The van der Waals surface area contributed by atoms with Gasteiger partial charge in [0.2, 0.25) is 0 Å². The Kier molecular flexibility index (Phi) is 30.8. The maximum absolute atomic E-state index is 8.74. The van der Waals surface area contributed by atoms with E-state index in [-0.39, 0.29) is 0 Å². The molecule has 6 heavy (non-hydrogen) atoms. The quantitative estimate of drug-likeness (QED) is 0.393. The van der Waals surface area contributed by atoms with Crippen LogP contribution in [-0.2, 0) is 24.0 Å². The fraction of sp³-hybridized carbons (Fsp3) is 0.250. The summed E-state index contributed by atoms with van der Waals surface area (Å²) < 4.78 is 0.600. The number of rotatable bonds is 0. The van der Waals surface area contributed by atoms with Crippen molar-refractivity contribution in [2.45, 2.75) is 6.92 Å². The number of carbonyl (C=O) groups excluding carboxylic acids is 1. The second-order valence-corrected chi connectivity index (χ2v) is 0.774. The Hall–Kier alpha value is 0.0723. The monoisotopic (exact) mass is 176 g/mol. The van der Waals surface area contributed by atoms with E-state index < -0.39 is 0 Å². The summed E-state index contributed by atoms with van der Waals surface area (Å²) in [6.07, 6.45) is 1.50. The molecule has 38 valence electrons. The van der Waals surface area contributed by atoms with Crippen LogP contribution in [0.5, 0.6) is 0 Å². The molecule has 0 unspecified atom stereocenters. The van der Waals surface area contributed by atoms with Crippen LogP contribution >= 0.6 is 0 Å². The minimum atomic E-state index is 0.600. The second kappa shape index (κ2) is 19.6. The first-order chi connectivity index (χ1) is 2.83. The largest absolute Gasteiger partial charge is 0.0877 e. The number of hydrogen-bond donors (Lipinski definition) is 0. The molecule has 0 aromatic heterocycles. The van der Waals surface area contributed by atoms with Crippen LogP contribution in [0.3, 0.4) is 0 Å². The van der Waals surface area contributed by atoms with Crippen molar-refractivity contribution in [3.8, 4) is 0 Å². The average molecular weight is 177 g/mol. The molecular weight excluding hydrogens is 170 g/mol. The predicted molar refractivity (Wildman–Crippen MR) is 21.3 cm³/mol. The summed E-state index contributed by atoms with van der Waals surface area (Å²) in [7, 11) is 0. The van der Waals surface area contributed by atoms with E-state index in [0.29, 0.717) is 4.76 Å². The molecule has 2 heteroatoms. The van der Waals surface area contributed by atoms with E-state index in [4.69, 9.17) is 11.4 Å². The van der Waals surface area contributed by atoms with Crippen molar-refractivity contribution in [2.75, 3.05) is 0 Å². The van der Waals surface area contributed by atoms with Crippen LogP contribution in [-0.4, -0.2) is 4.76 Å². The predicted octanol–water partition coefficient (Wildman–Crippen LogP) is 0.719. The summed E-state index contributed by atoms with van der Waals surface area (Å²) in [5.41, 5.74) is 0. The molecule has 0 aromatic carbocycles. The van der Waals surface area contributed by atoms with Gasteiger partial charge in [-0.15, -0.1) is 0 Å². The molecule has 0 atom stereocenters. The van der Waals surface area contributed by atoms with Crippen LogP contribution in [0, 0.1) is 6.58 Å². The van der Waals surface area contributed by atoms with Gasteiger partial charge >= 0.3 is 28.8 Å². The normalized spacial score (nSPS) is 4.50. The van der Waals surface area contributed by atoms with Gasteiger partial charge in [-0.3, -0.25) is 0 Å². The summed E-state index contributed by atoms with van der Waals surface area (Å²) in [6.45, 7) is 6.50. The second-order valence-electron chi connectivity index (χ2n) is 0.408. The zero-order chi connectivity index (χ0) is 5.41. The van der Waals surface area contributed by atoms with Gasteiger partial charge in [-0.1, -0.05) is 12.7 Å². The molecule has 0 bridgehead atoms. The van der Waals surface area contributed by atoms with E-state index in [0.717, 1.165) is 0 Å². The molecule has 0 rings (SSSR count). The SMILES string of the molecule is O=[CH][Pd].[CH]=CC. The van der Waals surface area contributed by atoms with Gasteiger partial charge in [0.25, 0.3) is 0 Å². The summed E-state index contributed by atoms with van der Waals surface area (Å²) >= 11 is 2.26. The Morgan fingerprint density at radius 2 is 1.83 bits per heavy atom. The van der Waals surface area contributed by atoms with Gasteiger partial charge in [0.1, 0.15) is 0 Å². The summed E-state index contributed by atoms with van der Waals surface area (Å²) in [5, 5.41) is 0. The van der Waals surface area contributed by atoms with E-state index in [1.54, 1.807) is 6.92 Å². The zero-order valence-corrected chi connectivity index (χ0v) is 5.01. The maximum atomic E-state index is 8.74. The maximum Gasteiger partial charge on any atom is -0.0467 e. The molecule has 0 aliphatic rings. The van der Waals surface area contributed by atoms with Gasteiger partial charge in [-0.2, -0.15) is 0 Å². The molecule has 1 nitrogen and oxygen atoms in total. The van der Waals surface area contributed by atoms with Crippen molar-refractivity contribution < 1.29 is 24.0 Å². The van der Waals surface area contributed by atoms with E-state index in [9.17, 15) is 0 Å². The fourth-order valence-electron chi connectivity index (χ4n) is 0. The van der Waals surface area contributed by atoms with Crippen LogP contribution in [0.2, 0.25) is 0 Å². The van der Waals surface area contributed by atoms with Crippen LogP contribution in [0.4, 0.5) is 0 Å². The molecular formula is C4H6OPd. The summed E-state index contributed by atoms with van der Waals surface area (Å²) in [6, 6.07) is 0. The Morgan fingerprint density at radius 1 is 1.83 bits per heavy atom. The number of hydrogen-bond acceptors (Lipinski definition) is 1. The average Bonchev–Trinajstić information content (AvgIpc) is 1.39. The molecule has 0 spiro atoms. The van der Waals surface area contributed by atoms with Crippen LogP contribution in [0.25, 0.3) is 0 Å². The molecule has 0 aliphatic carbocycles. The molecule has 0 N–H and O–H groups in total. The van der Waals surface area contributed by atoms with Gasteiger partial charge in [0.15, 0.2) is 0 Å². The van der Waals surface area contributed by atoms with Crippen molar-refractivity contribution in [1.82, 2.24) is 0 Å². The topological polar surface area (TPSA) is 17.1 Å². The Bertz CT molecular complexity index is 28.5. The third-order valence-electron chi connectivity index (χ3n) is 0. The van der Waals surface area contributed by atoms with Crippen molar-refractivity contribution in [3.63, 3.8) is 0 Å². The van der Waals surface area contributed by atoms with E-state index in [1.807, 2.05) is 0 Å². The van der Waals surface area contributed by atoms with Crippen molar-refractivity contribution in [2.24, 2.45) is 0 Å². The van der Waals surface area contributed by atoms with Gasteiger partial charge in [0, 0.05) is 0 Å². The van der Waals surface area contributed by atoms with Crippen molar-refractivity contribution >= 4 is 4.76 Å². The molecule has 0 aliphatic heterocycles. The van der Waals surface area contributed by atoms with Crippen LogP contribution in [0.1, 0.15) is 6.92 Å². The molecule has 0 saturated heterocycles. The summed E-state index contributed by atoms with van der Waals surface area (Å²) in [4.78, 5) is 8.74. The van der Waals surface area contributed by atoms with Crippen LogP contribution < -0.4 is 0 Å². The third-order valence-corrected chi connectivity index (χ3v) is 0. The zero-order valence-electron chi connectivity index (χ0n) is 3.46. The Labute approximate surface area is 48.8 Å².